The number of hydrogen-bond acceptors (Lipinski definition) is 2. The van der Waals surface area contributed by atoms with Crippen LogP contribution in [0.4, 0.5) is 4.39 Å². The average Bonchev–Trinajstić information content (AvgIpc) is 2.66. The van der Waals surface area contributed by atoms with E-state index in [1.165, 1.54) is 6.07 Å². The summed E-state index contributed by atoms with van der Waals surface area (Å²) < 4.78 is 16.3. The maximum absolute atomic E-state index is 13.8. The highest BCUT2D eigenvalue weighted by Crippen LogP contribution is 2.16. The number of hydrogen-bond donors (Lipinski definition) is 2. The van der Waals surface area contributed by atoms with E-state index in [1.54, 1.807) is 23.7 Å². The van der Waals surface area contributed by atoms with Crippen LogP contribution in [0.5, 0.6) is 0 Å². The summed E-state index contributed by atoms with van der Waals surface area (Å²) in [6, 6.07) is 10.4. The van der Waals surface area contributed by atoms with Crippen LogP contribution in [0.3, 0.4) is 0 Å². The summed E-state index contributed by atoms with van der Waals surface area (Å²) in [6.45, 7) is 2.21. The Hall–Kier alpha value is -1.42. The second-order valence-corrected chi connectivity index (χ2v) is 7.12. The van der Waals surface area contributed by atoms with Crippen LogP contribution < -0.4 is 16.2 Å². The molecule has 5 nitrogen and oxygen atoms in total. The zero-order valence-electron chi connectivity index (χ0n) is 16.0. The van der Waals surface area contributed by atoms with Crippen molar-refractivity contribution in [3.63, 3.8) is 0 Å². The Morgan fingerprint density at radius 1 is 1.14 bits per heavy atom. The number of aliphatic imine (C=N–C) groups is 1. The second-order valence-electron chi connectivity index (χ2n) is 6.20. The summed E-state index contributed by atoms with van der Waals surface area (Å²) in [5.41, 5.74) is 0.754. The molecule has 0 atom stereocenters. The Morgan fingerprint density at radius 2 is 1.89 bits per heavy atom. The molecule has 2 aromatic rings. The minimum absolute atomic E-state index is 0. The van der Waals surface area contributed by atoms with E-state index >= 15 is 0 Å². The van der Waals surface area contributed by atoms with E-state index in [2.05, 4.69) is 31.6 Å². The molecule has 154 valence electrons. The van der Waals surface area contributed by atoms with Crippen molar-refractivity contribution in [2.24, 2.45) is 4.99 Å². The van der Waals surface area contributed by atoms with Gasteiger partial charge in [0.2, 0.25) is 5.56 Å². The molecule has 0 unspecified atom stereocenters. The fraction of sp³-hybridized carbons (Fsp3) is 0.400. The number of unbranched alkanes of at least 4 members (excludes halogenated alkanes) is 1. The molecular weight excluding hydrogens is 538 g/mol. The number of nitrogens with one attached hydrogen (secondary N) is 2. The maximum Gasteiger partial charge on any atom is 0.250 e. The van der Waals surface area contributed by atoms with Gasteiger partial charge in [0.05, 0.1) is 0 Å². The van der Waals surface area contributed by atoms with Gasteiger partial charge in [0.25, 0.3) is 0 Å². The first-order chi connectivity index (χ1) is 13.1. The van der Waals surface area contributed by atoms with Crippen LogP contribution in [-0.2, 0) is 13.0 Å². The Kier molecular flexibility index (Phi) is 12.1. The third-order valence-electron chi connectivity index (χ3n) is 4.17. The lowest BCUT2D eigenvalue weighted by Crippen LogP contribution is -2.38. The van der Waals surface area contributed by atoms with Crippen LogP contribution >= 0.6 is 39.9 Å². The minimum Gasteiger partial charge on any atom is -0.356 e. The lowest BCUT2D eigenvalue weighted by atomic mass is 10.1. The molecule has 0 aliphatic heterocycles. The Labute approximate surface area is 191 Å². The Morgan fingerprint density at radius 3 is 2.57 bits per heavy atom. The molecule has 2 rings (SSSR count). The Bertz CT molecular complexity index is 813. The molecule has 1 heterocycles. The van der Waals surface area contributed by atoms with Crippen molar-refractivity contribution < 1.29 is 4.39 Å². The van der Waals surface area contributed by atoms with Gasteiger partial charge in [0, 0.05) is 43.4 Å². The van der Waals surface area contributed by atoms with Gasteiger partial charge >= 0.3 is 0 Å². The van der Waals surface area contributed by atoms with Crippen LogP contribution in [0.25, 0.3) is 0 Å². The first kappa shape index (κ1) is 24.6. The largest absolute Gasteiger partial charge is 0.356 e. The van der Waals surface area contributed by atoms with Crippen molar-refractivity contribution in [2.75, 3.05) is 20.1 Å². The van der Waals surface area contributed by atoms with Crippen molar-refractivity contribution in [1.29, 1.82) is 0 Å². The van der Waals surface area contributed by atoms with Gasteiger partial charge in [0.15, 0.2) is 5.96 Å². The minimum atomic E-state index is -0.176. The number of guanidine groups is 1. The normalized spacial score (nSPS) is 11.0. The van der Waals surface area contributed by atoms with E-state index in [4.69, 9.17) is 0 Å². The molecule has 1 aromatic carbocycles. The third-order valence-corrected chi connectivity index (χ3v) is 4.66. The quantitative estimate of drug-likeness (QED) is 0.210. The topological polar surface area (TPSA) is 58.4 Å². The number of benzene rings is 1. The van der Waals surface area contributed by atoms with Gasteiger partial charge in [-0.3, -0.25) is 9.79 Å². The summed E-state index contributed by atoms with van der Waals surface area (Å²) in [5, 5.41) is 6.50. The molecule has 2 N–H and O–H groups in total. The van der Waals surface area contributed by atoms with E-state index in [0.717, 1.165) is 41.8 Å². The van der Waals surface area contributed by atoms with Crippen molar-refractivity contribution in [2.45, 2.75) is 32.2 Å². The smallest absolute Gasteiger partial charge is 0.250 e. The van der Waals surface area contributed by atoms with Crippen molar-refractivity contribution in [3.8, 4) is 0 Å². The fourth-order valence-corrected chi connectivity index (χ4v) is 3.02. The molecule has 0 spiro atoms. The number of aromatic nitrogens is 1. The summed E-state index contributed by atoms with van der Waals surface area (Å²) in [6.07, 6.45) is 5.15. The van der Waals surface area contributed by atoms with Crippen LogP contribution in [-0.4, -0.2) is 30.7 Å². The summed E-state index contributed by atoms with van der Waals surface area (Å²) >= 11 is 3.27. The standard InChI is InChI=1S/C20H26BrFN4O.HI/c1-23-20(24-11-3-5-14-26-13-4-2-8-19(26)27)25-12-6-7-16-9-10-17(21)15-18(16)22;/h2,4,8-10,13,15H,3,5-7,11-12,14H2,1H3,(H2,23,24,25);1H. The molecule has 1 aromatic heterocycles. The van der Waals surface area contributed by atoms with Crippen molar-refractivity contribution >= 4 is 45.9 Å². The van der Waals surface area contributed by atoms with Crippen LogP contribution in [0, 0.1) is 5.82 Å². The van der Waals surface area contributed by atoms with E-state index in [0.29, 0.717) is 19.5 Å². The number of halogens is 3. The fourth-order valence-electron chi connectivity index (χ4n) is 2.69. The summed E-state index contributed by atoms with van der Waals surface area (Å²) in [7, 11) is 1.73. The molecule has 0 radical (unpaired) electrons. The predicted molar refractivity (Wildman–Crippen MR) is 127 cm³/mol. The number of rotatable bonds is 9. The molecule has 0 amide bonds. The number of nitrogens with zero attached hydrogens (tertiary/aromatic N) is 2. The lowest BCUT2D eigenvalue weighted by molar-refractivity contribution is 0.584. The molecular formula is C20H27BrFIN4O. The molecule has 0 aliphatic rings. The summed E-state index contributed by atoms with van der Waals surface area (Å²) in [4.78, 5) is 15.8. The predicted octanol–water partition coefficient (Wildman–Crippen LogP) is 3.95. The highest BCUT2D eigenvalue weighted by molar-refractivity contribution is 14.0. The number of aryl methyl sites for hydroxylation is 2. The monoisotopic (exact) mass is 564 g/mol. The van der Waals surface area contributed by atoms with Gasteiger partial charge in [-0.25, -0.2) is 4.39 Å². The van der Waals surface area contributed by atoms with E-state index < -0.39 is 0 Å². The SMILES string of the molecule is CN=C(NCCCCn1ccccc1=O)NCCCc1ccc(Br)cc1F.I. The second kappa shape index (κ2) is 13.7. The highest BCUT2D eigenvalue weighted by Gasteiger charge is 2.03. The first-order valence-electron chi connectivity index (χ1n) is 9.14. The maximum atomic E-state index is 13.8. The molecule has 0 saturated heterocycles. The van der Waals surface area contributed by atoms with Crippen molar-refractivity contribution in [1.82, 2.24) is 15.2 Å². The van der Waals surface area contributed by atoms with Gasteiger partial charge in [-0.2, -0.15) is 0 Å². The van der Waals surface area contributed by atoms with E-state index in [9.17, 15) is 9.18 Å². The van der Waals surface area contributed by atoms with Crippen molar-refractivity contribution in [3.05, 3.63) is 68.8 Å². The summed E-state index contributed by atoms with van der Waals surface area (Å²) in [5.74, 6) is 0.563. The third kappa shape index (κ3) is 8.72. The number of pyridine rings is 1. The van der Waals surface area contributed by atoms with Gasteiger partial charge in [-0.1, -0.05) is 28.1 Å². The van der Waals surface area contributed by atoms with Gasteiger partial charge in [-0.15, -0.1) is 24.0 Å². The van der Waals surface area contributed by atoms with E-state index in [-0.39, 0.29) is 35.4 Å². The van der Waals surface area contributed by atoms with Crippen LogP contribution in [0.15, 0.2) is 56.9 Å². The van der Waals surface area contributed by atoms with Crippen LogP contribution in [0.2, 0.25) is 0 Å². The molecule has 28 heavy (non-hydrogen) atoms. The lowest BCUT2D eigenvalue weighted by Gasteiger charge is -2.12. The Balaban J connectivity index is 0.00000392. The zero-order chi connectivity index (χ0) is 19.5. The average molecular weight is 565 g/mol. The molecule has 0 saturated carbocycles. The van der Waals surface area contributed by atoms with Gasteiger partial charge in [-0.05, 0) is 49.4 Å². The van der Waals surface area contributed by atoms with E-state index in [1.807, 2.05) is 24.4 Å². The molecule has 0 fully saturated rings. The zero-order valence-corrected chi connectivity index (χ0v) is 19.9. The first-order valence-corrected chi connectivity index (χ1v) is 9.93. The highest BCUT2D eigenvalue weighted by atomic mass is 127. The van der Waals surface area contributed by atoms with Gasteiger partial charge < -0.3 is 15.2 Å². The molecule has 0 bridgehead atoms. The molecule has 0 aliphatic carbocycles. The van der Waals surface area contributed by atoms with Gasteiger partial charge in [0.1, 0.15) is 5.82 Å². The van der Waals surface area contributed by atoms with Crippen LogP contribution in [0.1, 0.15) is 24.8 Å². The molecule has 8 heteroatoms.